The normalized spacial score (nSPS) is 13.8. The highest BCUT2D eigenvalue weighted by atomic mass is 16.6. The van der Waals surface area contributed by atoms with Gasteiger partial charge >= 0.3 is 6.09 Å². The number of hydrogen-bond donors (Lipinski definition) is 2. The Balaban J connectivity index is 1.38. The van der Waals surface area contributed by atoms with Crippen molar-refractivity contribution in [1.82, 2.24) is 34.9 Å². The molecular formula is C34H44N8O4. The summed E-state index contributed by atoms with van der Waals surface area (Å²) < 4.78 is 7.31. The smallest absolute Gasteiger partial charge is 0.410 e. The van der Waals surface area contributed by atoms with Gasteiger partial charge in [0.25, 0.3) is 11.5 Å². The third-order valence-electron chi connectivity index (χ3n) is 7.91. The van der Waals surface area contributed by atoms with Crippen LogP contribution in [0, 0.1) is 6.92 Å². The number of rotatable bonds is 8. The number of nitrogens with one attached hydrogen (secondary N) is 2. The Kier molecular flexibility index (Phi) is 9.45. The fourth-order valence-electron chi connectivity index (χ4n) is 5.64. The van der Waals surface area contributed by atoms with Crippen LogP contribution in [0.2, 0.25) is 0 Å². The molecule has 0 saturated carbocycles. The largest absolute Gasteiger partial charge is 0.444 e. The van der Waals surface area contributed by atoms with Crippen LogP contribution in [0.15, 0.2) is 41.5 Å². The van der Waals surface area contributed by atoms with Crippen molar-refractivity contribution in [2.24, 2.45) is 0 Å². The summed E-state index contributed by atoms with van der Waals surface area (Å²) in [5, 5.41) is 8.14. The molecular weight excluding hydrogens is 584 g/mol. The van der Waals surface area contributed by atoms with Gasteiger partial charge in [0.2, 0.25) is 0 Å². The maximum Gasteiger partial charge on any atom is 0.410 e. The number of H-pyrrole nitrogens is 1. The minimum Gasteiger partial charge on any atom is -0.444 e. The zero-order valence-electron chi connectivity index (χ0n) is 27.8. The van der Waals surface area contributed by atoms with Crippen LogP contribution in [0.25, 0.3) is 22.3 Å². The Morgan fingerprint density at radius 3 is 2.46 bits per heavy atom. The second-order valence-electron chi connectivity index (χ2n) is 13.1. The SMILES string of the molecule is CCCc1cc(C)[nH]c(=O)c1CNC(=O)c1cc(-c2ccc(N3CCN(C(=O)OC(C)(C)C)CC3)nc2)nc2c1cnn2C(C)C. The first-order valence-corrected chi connectivity index (χ1v) is 15.9. The molecule has 0 bridgehead atoms. The van der Waals surface area contributed by atoms with Crippen LogP contribution in [0.3, 0.4) is 0 Å². The maximum atomic E-state index is 13.7. The van der Waals surface area contributed by atoms with Gasteiger partial charge in [0.15, 0.2) is 5.65 Å². The molecule has 1 saturated heterocycles. The molecule has 1 aliphatic rings. The van der Waals surface area contributed by atoms with E-state index in [1.54, 1.807) is 28.0 Å². The molecule has 0 aliphatic carbocycles. The number of aromatic nitrogens is 5. The molecule has 0 spiro atoms. The minimum absolute atomic E-state index is 0.0266. The van der Waals surface area contributed by atoms with E-state index in [-0.39, 0.29) is 30.1 Å². The number of hydrogen-bond acceptors (Lipinski definition) is 8. The third kappa shape index (κ3) is 7.21. The highest BCUT2D eigenvalue weighted by molar-refractivity contribution is 6.06. The molecule has 2 N–H and O–H groups in total. The fraction of sp³-hybridized carbons (Fsp3) is 0.471. The lowest BCUT2D eigenvalue weighted by atomic mass is 10.0. The van der Waals surface area contributed by atoms with Crippen molar-refractivity contribution in [1.29, 1.82) is 0 Å². The molecule has 4 aromatic rings. The van der Waals surface area contributed by atoms with Crippen LogP contribution in [-0.4, -0.2) is 73.4 Å². The molecule has 1 aliphatic heterocycles. The zero-order valence-corrected chi connectivity index (χ0v) is 27.8. The molecule has 244 valence electrons. The Morgan fingerprint density at radius 2 is 1.83 bits per heavy atom. The Morgan fingerprint density at radius 1 is 1.09 bits per heavy atom. The monoisotopic (exact) mass is 628 g/mol. The number of nitrogens with zero attached hydrogens (tertiary/aromatic N) is 6. The van der Waals surface area contributed by atoms with Crippen molar-refractivity contribution in [3.05, 3.63) is 69.4 Å². The first-order valence-electron chi connectivity index (χ1n) is 15.9. The minimum atomic E-state index is -0.533. The van der Waals surface area contributed by atoms with Crippen molar-refractivity contribution < 1.29 is 14.3 Å². The molecule has 46 heavy (non-hydrogen) atoms. The zero-order chi connectivity index (χ0) is 33.2. The number of carbonyl (C=O) groups is 2. The third-order valence-corrected chi connectivity index (χ3v) is 7.91. The van der Waals surface area contributed by atoms with E-state index in [0.29, 0.717) is 54.0 Å². The predicted octanol–water partition coefficient (Wildman–Crippen LogP) is 5.01. The van der Waals surface area contributed by atoms with Crippen molar-refractivity contribution in [3.63, 3.8) is 0 Å². The predicted molar refractivity (Wildman–Crippen MR) is 178 cm³/mol. The van der Waals surface area contributed by atoms with E-state index in [4.69, 9.17) is 14.7 Å². The van der Waals surface area contributed by atoms with Gasteiger partial charge in [-0.05, 0) is 77.8 Å². The molecule has 5 heterocycles. The Bertz CT molecular complexity index is 1780. The Hall–Kier alpha value is -4.74. The van der Waals surface area contributed by atoms with Crippen LogP contribution in [0.1, 0.15) is 81.2 Å². The number of fused-ring (bicyclic) bond motifs is 1. The molecule has 0 atom stereocenters. The average Bonchev–Trinajstić information content (AvgIpc) is 3.44. The number of ether oxygens (including phenoxy) is 1. The van der Waals surface area contributed by atoms with Crippen molar-refractivity contribution in [2.45, 2.75) is 79.5 Å². The van der Waals surface area contributed by atoms with Crippen LogP contribution >= 0.6 is 0 Å². The summed E-state index contributed by atoms with van der Waals surface area (Å²) in [5.74, 6) is 0.483. The molecule has 0 unspecified atom stereocenters. The van der Waals surface area contributed by atoms with Gasteiger partial charge < -0.3 is 24.8 Å². The van der Waals surface area contributed by atoms with Gasteiger partial charge in [0.05, 0.1) is 22.8 Å². The maximum absolute atomic E-state index is 13.7. The van der Waals surface area contributed by atoms with Gasteiger partial charge in [-0.1, -0.05) is 13.3 Å². The number of anilines is 1. The summed E-state index contributed by atoms with van der Waals surface area (Å²) in [7, 11) is 0. The second-order valence-corrected chi connectivity index (χ2v) is 13.1. The van der Waals surface area contributed by atoms with Crippen LogP contribution in [0.4, 0.5) is 10.6 Å². The van der Waals surface area contributed by atoms with Gasteiger partial charge in [-0.15, -0.1) is 0 Å². The van der Waals surface area contributed by atoms with Crippen LogP contribution in [0.5, 0.6) is 0 Å². The van der Waals surface area contributed by atoms with E-state index in [0.717, 1.165) is 35.5 Å². The average molecular weight is 629 g/mol. The molecule has 12 nitrogen and oxygen atoms in total. The van der Waals surface area contributed by atoms with E-state index in [9.17, 15) is 14.4 Å². The summed E-state index contributed by atoms with van der Waals surface area (Å²) >= 11 is 0. The molecule has 0 aromatic carbocycles. The second kappa shape index (κ2) is 13.3. The number of carbonyl (C=O) groups excluding carboxylic acids is 2. The standard InChI is InChI=1S/C34H44N8O4/c1-8-9-23-16-22(4)38-32(44)26(23)19-36-31(43)25-17-28(39-30-27(25)20-37-42(30)21(2)3)24-10-11-29(35-18-24)40-12-14-41(15-13-40)33(45)46-34(5,6)7/h10-11,16-18,20-21H,8-9,12-15,19H2,1-7H3,(H,36,43)(H,38,44). The highest BCUT2D eigenvalue weighted by Gasteiger charge is 2.26. The lowest BCUT2D eigenvalue weighted by molar-refractivity contribution is 0.0240. The van der Waals surface area contributed by atoms with E-state index >= 15 is 0 Å². The lowest BCUT2D eigenvalue weighted by Gasteiger charge is -2.36. The van der Waals surface area contributed by atoms with E-state index < -0.39 is 5.60 Å². The van der Waals surface area contributed by atoms with Crippen LogP contribution < -0.4 is 15.8 Å². The molecule has 1 fully saturated rings. The summed E-state index contributed by atoms with van der Waals surface area (Å²) in [4.78, 5) is 55.3. The summed E-state index contributed by atoms with van der Waals surface area (Å²) in [5.41, 5.74) is 3.95. The van der Waals surface area contributed by atoms with E-state index in [1.807, 2.05) is 59.7 Å². The number of piperazine rings is 1. The number of aromatic amines is 1. The highest BCUT2D eigenvalue weighted by Crippen LogP contribution is 2.27. The number of amides is 2. The molecule has 5 rings (SSSR count). The van der Waals surface area contributed by atoms with Crippen molar-refractivity contribution in [3.8, 4) is 11.3 Å². The molecule has 4 aromatic heterocycles. The van der Waals surface area contributed by atoms with E-state index in [2.05, 4.69) is 27.2 Å². The van der Waals surface area contributed by atoms with Gasteiger partial charge in [0.1, 0.15) is 11.4 Å². The topological polar surface area (TPSA) is 138 Å². The number of aryl methyl sites for hydroxylation is 2. The van der Waals surface area contributed by atoms with Crippen LogP contribution in [-0.2, 0) is 17.7 Å². The van der Waals surface area contributed by atoms with Gasteiger partial charge in [-0.25, -0.2) is 19.4 Å². The summed E-state index contributed by atoms with van der Waals surface area (Å²) in [6.45, 7) is 16.0. The quantitative estimate of drug-likeness (QED) is 0.278. The van der Waals surface area contributed by atoms with E-state index in [1.165, 1.54) is 0 Å². The molecule has 2 amide bonds. The van der Waals surface area contributed by atoms with Gasteiger partial charge in [0, 0.05) is 61.8 Å². The lowest BCUT2D eigenvalue weighted by Crippen LogP contribution is -2.50. The van der Waals surface area contributed by atoms with Crippen molar-refractivity contribution in [2.75, 3.05) is 31.1 Å². The molecule has 0 radical (unpaired) electrons. The fourth-order valence-corrected chi connectivity index (χ4v) is 5.64. The first-order chi connectivity index (χ1) is 21.8. The van der Waals surface area contributed by atoms with Gasteiger partial charge in [-0.2, -0.15) is 5.10 Å². The first kappa shape index (κ1) is 32.6. The molecule has 12 heteroatoms. The Labute approximate surface area is 269 Å². The van der Waals surface area contributed by atoms with Crippen molar-refractivity contribution >= 4 is 28.9 Å². The summed E-state index contributed by atoms with van der Waals surface area (Å²) in [6, 6.07) is 7.63. The van der Waals surface area contributed by atoms with Gasteiger partial charge in [-0.3, -0.25) is 9.59 Å². The number of pyridine rings is 3. The summed E-state index contributed by atoms with van der Waals surface area (Å²) in [6.07, 6.45) is 4.76.